The smallest absolute Gasteiger partial charge is 0.261 e. The molecule has 1 aliphatic rings. The van der Waals surface area contributed by atoms with E-state index >= 15 is 0 Å². The van der Waals surface area contributed by atoms with Gasteiger partial charge in [0.1, 0.15) is 5.75 Å². The molecule has 8 heteroatoms. The van der Waals surface area contributed by atoms with E-state index in [0.29, 0.717) is 43.8 Å². The van der Waals surface area contributed by atoms with Crippen LogP contribution in [0.4, 0.5) is 0 Å². The molecule has 166 valence electrons. The first-order chi connectivity index (χ1) is 15.1. The summed E-state index contributed by atoms with van der Waals surface area (Å²) in [5, 5.41) is 7.74. The number of hydrogen-bond donors (Lipinski definition) is 2. The SMILES string of the molecule is COc1ccccc1CC(=O)N1CCC(NC(=O)CCCNC(=O)c2cccs2)CC1. The van der Waals surface area contributed by atoms with Crippen molar-refractivity contribution in [1.29, 1.82) is 0 Å². The number of amides is 3. The Morgan fingerprint density at radius 3 is 2.61 bits per heavy atom. The van der Waals surface area contributed by atoms with Gasteiger partial charge in [-0.15, -0.1) is 11.3 Å². The van der Waals surface area contributed by atoms with E-state index in [1.54, 1.807) is 13.2 Å². The molecule has 0 bridgehead atoms. The maximum atomic E-state index is 12.6. The summed E-state index contributed by atoms with van der Waals surface area (Å²) >= 11 is 1.40. The number of carbonyl (C=O) groups excluding carboxylic acids is 3. The molecular formula is C23H29N3O4S. The van der Waals surface area contributed by atoms with Crippen LogP contribution in [-0.4, -0.2) is 55.4 Å². The van der Waals surface area contributed by atoms with Crippen molar-refractivity contribution >= 4 is 29.1 Å². The number of nitrogens with zero attached hydrogens (tertiary/aromatic N) is 1. The highest BCUT2D eigenvalue weighted by atomic mass is 32.1. The molecule has 0 unspecified atom stereocenters. The van der Waals surface area contributed by atoms with E-state index in [4.69, 9.17) is 4.74 Å². The monoisotopic (exact) mass is 443 g/mol. The van der Waals surface area contributed by atoms with Crippen LogP contribution in [0, 0.1) is 0 Å². The molecule has 0 radical (unpaired) electrons. The molecule has 0 saturated carbocycles. The molecule has 0 aliphatic carbocycles. The highest BCUT2D eigenvalue weighted by molar-refractivity contribution is 7.12. The molecule has 3 rings (SSSR count). The van der Waals surface area contributed by atoms with Crippen LogP contribution < -0.4 is 15.4 Å². The lowest BCUT2D eigenvalue weighted by atomic mass is 10.0. The van der Waals surface area contributed by atoms with E-state index < -0.39 is 0 Å². The topological polar surface area (TPSA) is 87.7 Å². The zero-order valence-corrected chi connectivity index (χ0v) is 18.6. The second-order valence-electron chi connectivity index (χ2n) is 7.55. The maximum absolute atomic E-state index is 12.6. The fourth-order valence-corrected chi connectivity index (χ4v) is 4.28. The van der Waals surface area contributed by atoms with Crippen molar-refractivity contribution < 1.29 is 19.1 Å². The fraction of sp³-hybridized carbons (Fsp3) is 0.435. The predicted octanol–water partition coefficient (Wildman–Crippen LogP) is 2.62. The number of nitrogens with one attached hydrogen (secondary N) is 2. The summed E-state index contributed by atoms with van der Waals surface area (Å²) in [6.45, 7) is 1.74. The molecule has 1 saturated heterocycles. The third kappa shape index (κ3) is 6.82. The number of methoxy groups -OCH3 is 1. The van der Waals surface area contributed by atoms with Crippen molar-refractivity contribution in [1.82, 2.24) is 15.5 Å². The minimum absolute atomic E-state index is 0.0100. The number of piperidine rings is 1. The summed E-state index contributed by atoms with van der Waals surface area (Å²) in [7, 11) is 1.61. The summed E-state index contributed by atoms with van der Waals surface area (Å²) in [5.41, 5.74) is 0.886. The highest BCUT2D eigenvalue weighted by Crippen LogP contribution is 2.20. The Labute approximate surface area is 186 Å². The Morgan fingerprint density at radius 2 is 1.90 bits per heavy atom. The van der Waals surface area contributed by atoms with E-state index in [0.717, 1.165) is 24.2 Å². The number of ether oxygens (including phenoxy) is 1. The van der Waals surface area contributed by atoms with Gasteiger partial charge in [-0.05, 0) is 36.8 Å². The number of hydrogen-bond acceptors (Lipinski definition) is 5. The summed E-state index contributed by atoms with van der Waals surface area (Å²) in [6, 6.07) is 11.3. The summed E-state index contributed by atoms with van der Waals surface area (Å²) < 4.78 is 5.33. The molecule has 1 aromatic heterocycles. The average Bonchev–Trinajstić information content (AvgIpc) is 3.32. The average molecular weight is 444 g/mol. The Kier molecular flexibility index (Phi) is 8.46. The highest BCUT2D eigenvalue weighted by Gasteiger charge is 2.24. The van der Waals surface area contributed by atoms with Crippen LogP contribution in [0.25, 0.3) is 0 Å². The van der Waals surface area contributed by atoms with Crippen LogP contribution >= 0.6 is 11.3 Å². The number of para-hydroxylation sites is 1. The Balaban J connectivity index is 1.32. The molecule has 2 aromatic rings. The fourth-order valence-electron chi connectivity index (χ4n) is 3.64. The van der Waals surface area contributed by atoms with Gasteiger partial charge in [0.05, 0.1) is 18.4 Å². The van der Waals surface area contributed by atoms with Crippen molar-refractivity contribution in [3.8, 4) is 5.75 Å². The van der Waals surface area contributed by atoms with E-state index in [1.165, 1.54) is 11.3 Å². The number of benzene rings is 1. The van der Waals surface area contributed by atoms with Gasteiger partial charge in [-0.1, -0.05) is 24.3 Å². The molecule has 1 aliphatic heterocycles. The normalized spacial score (nSPS) is 14.2. The first-order valence-electron chi connectivity index (χ1n) is 10.6. The van der Waals surface area contributed by atoms with E-state index in [9.17, 15) is 14.4 Å². The lowest BCUT2D eigenvalue weighted by molar-refractivity contribution is -0.131. The zero-order valence-electron chi connectivity index (χ0n) is 17.8. The van der Waals surface area contributed by atoms with Crippen LogP contribution in [0.15, 0.2) is 41.8 Å². The Morgan fingerprint density at radius 1 is 1.13 bits per heavy atom. The van der Waals surface area contributed by atoms with Gasteiger partial charge in [0, 0.05) is 37.7 Å². The van der Waals surface area contributed by atoms with Crippen molar-refractivity contribution in [2.75, 3.05) is 26.7 Å². The summed E-state index contributed by atoms with van der Waals surface area (Å²) in [5.74, 6) is 0.699. The van der Waals surface area contributed by atoms with Crippen LogP contribution in [0.2, 0.25) is 0 Å². The standard InChI is InChI=1S/C23H29N3O4S/c1-30-19-7-3-2-6-17(19)16-22(28)26-13-10-18(11-14-26)25-21(27)9-4-12-24-23(29)20-8-5-15-31-20/h2-3,5-8,15,18H,4,9-14,16H2,1H3,(H,24,29)(H,25,27). The molecule has 3 amide bonds. The molecule has 0 spiro atoms. The van der Waals surface area contributed by atoms with E-state index in [1.807, 2.05) is 40.6 Å². The molecule has 7 nitrogen and oxygen atoms in total. The van der Waals surface area contributed by atoms with Crippen molar-refractivity contribution in [3.63, 3.8) is 0 Å². The lowest BCUT2D eigenvalue weighted by Crippen LogP contribution is -2.47. The quantitative estimate of drug-likeness (QED) is 0.583. The van der Waals surface area contributed by atoms with Crippen LogP contribution in [-0.2, 0) is 16.0 Å². The van der Waals surface area contributed by atoms with E-state index in [-0.39, 0.29) is 23.8 Å². The predicted molar refractivity (Wildman–Crippen MR) is 120 cm³/mol. The van der Waals surface area contributed by atoms with Crippen LogP contribution in [0.1, 0.15) is 40.9 Å². The molecular weight excluding hydrogens is 414 g/mol. The second-order valence-corrected chi connectivity index (χ2v) is 8.50. The lowest BCUT2D eigenvalue weighted by Gasteiger charge is -2.32. The van der Waals surface area contributed by atoms with Gasteiger partial charge >= 0.3 is 0 Å². The Hall–Kier alpha value is -2.87. The molecule has 0 atom stereocenters. The third-order valence-electron chi connectivity index (χ3n) is 5.36. The van der Waals surface area contributed by atoms with Gasteiger partial charge in [0.2, 0.25) is 11.8 Å². The van der Waals surface area contributed by atoms with Gasteiger partial charge in [-0.3, -0.25) is 14.4 Å². The van der Waals surface area contributed by atoms with Crippen LogP contribution in [0.5, 0.6) is 5.75 Å². The molecule has 31 heavy (non-hydrogen) atoms. The number of carbonyl (C=O) groups is 3. The van der Waals surface area contributed by atoms with Gasteiger partial charge in [0.25, 0.3) is 5.91 Å². The van der Waals surface area contributed by atoms with Gasteiger partial charge in [-0.25, -0.2) is 0 Å². The van der Waals surface area contributed by atoms with Crippen molar-refractivity contribution in [2.45, 2.75) is 38.1 Å². The Bertz CT molecular complexity index is 877. The van der Waals surface area contributed by atoms with Crippen molar-refractivity contribution in [3.05, 3.63) is 52.2 Å². The van der Waals surface area contributed by atoms with Crippen molar-refractivity contribution in [2.24, 2.45) is 0 Å². The third-order valence-corrected chi connectivity index (χ3v) is 6.23. The van der Waals surface area contributed by atoms with Gasteiger partial charge in [-0.2, -0.15) is 0 Å². The zero-order chi connectivity index (χ0) is 22.1. The number of thiophene rings is 1. The first-order valence-corrected chi connectivity index (χ1v) is 11.5. The number of rotatable bonds is 9. The molecule has 1 aromatic carbocycles. The van der Waals surface area contributed by atoms with E-state index in [2.05, 4.69) is 10.6 Å². The molecule has 1 fully saturated rings. The van der Waals surface area contributed by atoms with Crippen LogP contribution in [0.3, 0.4) is 0 Å². The molecule has 2 heterocycles. The second kappa shape index (κ2) is 11.5. The van der Waals surface area contributed by atoms with Gasteiger partial charge < -0.3 is 20.3 Å². The minimum atomic E-state index is -0.0967. The summed E-state index contributed by atoms with van der Waals surface area (Å²) in [6.07, 6.45) is 2.78. The number of likely N-dealkylation sites (tertiary alicyclic amines) is 1. The minimum Gasteiger partial charge on any atom is -0.496 e. The largest absolute Gasteiger partial charge is 0.496 e. The van der Waals surface area contributed by atoms with Gasteiger partial charge in [0.15, 0.2) is 0 Å². The first kappa shape index (κ1) is 22.8. The maximum Gasteiger partial charge on any atom is 0.261 e. The summed E-state index contributed by atoms with van der Waals surface area (Å²) in [4.78, 5) is 39.2. The molecule has 2 N–H and O–H groups in total.